The molecule has 23 heavy (non-hydrogen) atoms. The predicted molar refractivity (Wildman–Crippen MR) is 98.3 cm³/mol. The smallest absolute Gasteiger partial charge is 0.184 e. The van der Waals surface area contributed by atoms with Crippen LogP contribution in [0.15, 0.2) is 53.0 Å². The Morgan fingerprint density at radius 3 is 2.87 bits per heavy atom. The van der Waals surface area contributed by atoms with E-state index in [1.165, 1.54) is 11.1 Å². The van der Waals surface area contributed by atoms with E-state index < -0.39 is 5.72 Å². The molecular weight excluding hydrogens is 372 g/mol. The van der Waals surface area contributed by atoms with Crippen LogP contribution in [-0.4, -0.2) is 15.7 Å². The molecule has 0 radical (unpaired) electrons. The molecule has 2 aromatic carbocycles. The fourth-order valence-corrected chi connectivity index (χ4v) is 4.17. The molecule has 118 valence electrons. The number of nitrogens with zero attached hydrogens (tertiary/aromatic N) is 1. The van der Waals surface area contributed by atoms with Gasteiger partial charge in [-0.3, -0.25) is 0 Å². The number of rotatable bonds is 2. The van der Waals surface area contributed by atoms with E-state index in [2.05, 4.69) is 63.4 Å². The van der Waals surface area contributed by atoms with Crippen LogP contribution < -0.4 is 10.1 Å². The van der Waals surface area contributed by atoms with Crippen LogP contribution in [0.5, 0.6) is 5.75 Å². The van der Waals surface area contributed by atoms with Crippen molar-refractivity contribution in [2.24, 2.45) is 0 Å². The minimum atomic E-state index is -0.427. The third kappa shape index (κ3) is 2.62. The molecule has 2 atom stereocenters. The molecule has 0 aromatic heterocycles. The van der Waals surface area contributed by atoms with E-state index in [0.717, 1.165) is 28.3 Å². The Labute approximate surface area is 149 Å². The maximum Gasteiger partial charge on any atom is 0.184 e. The fraction of sp³-hybridized carbons (Fsp3) is 0.278. The van der Waals surface area contributed by atoms with Gasteiger partial charge in [-0.05, 0) is 42.9 Å². The van der Waals surface area contributed by atoms with Gasteiger partial charge in [-0.15, -0.1) is 0 Å². The highest BCUT2D eigenvalue weighted by Gasteiger charge is 2.47. The molecule has 0 spiro atoms. The van der Waals surface area contributed by atoms with Crippen LogP contribution in [0.2, 0.25) is 0 Å². The molecular formula is C18H17BrN2OS. The molecule has 0 aliphatic carbocycles. The normalized spacial score (nSPS) is 25.4. The molecule has 2 aliphatic rings. The molecule has 2 bridgehead atoms. The van der Waals surface area contributed by atoms with E-state index in [-0.39, 0.29) is 6.04 Å². The van der Waals surface area contributed by atoms with E-state index in [0.29, 0.717) is 0 Å². The summed E-state index contributed by atoms with van der Waals surface area (Å²) < 4.78 is 7.44. The molecule has 2 aliphatic heterocycles. The zero-order chi connectivity index (χ0) is 16.0. The van der Waals surface area contributed by atoms with E-state index in [4.69, 9.17) is 17.0 Å². The van der Waals surface area contributed by atoms with Gasteiger partial charge in [-0.2, -0.15) is 0 Å². The van der Waals surface area contributed by atoms with Gasteiger partial charge < -0.3 is 15.0 Å². The third-order valence-corrected chi connectivity index (χ3v) is 5.39. The highest BCUT2D eigenvalue weighted by Crippen LogP contribution is 2.45. The summed E-state index contributed by atoms with van der Waals surface area (Å²) in [4.78, 5) is 2.15. The monoisotopic (exact) mass is 388 g/mol. The second-order valence-electron chi connectivity index (χ2n) is 6.24. The molecule has 1 saturated heterocycles. The Morgan fingerprint density at radius 1 is 1.30 bits per heavy atom. The van der Waals surface area contributed by atoms with Crippen molar-refractivity contribution >= 4 is 33.3 Å². The molecule has 2 aromatic rings. The Balaban J connectivity index is 1.69. The minimum absolute atomic E-state index is 0.195. The topological polar surface area (TPSA) is 24.5 Å². The number of ether oxygens (including phenoxy) is 1. The first-order valence-electron chi connectivity index (χ1n) is 7.66. The Hall–Kier alpha value is -1.59. The molecule has 1 N–H and O–H groups in total. The summed E-state index contributed by atoms with van der Waals surface area (Å²) in [6, 6.07) is 16.7. The molecule has 0 saturated carbocycles. The van der Waals surface area contributed by atoms with Crippen LogP contribution in [0.25, 0.3) is 0 Å². The number of hydrogen-bond acceptors (Lipinski definition) is 2. The van der Waals surface area contributed by atoms with Gasteiger partial charge in [0.1, 0.15) is 5.75 Å². The lowest BCUT2D eigenvalue weighted by Crippen LogP contribution is -2.64. The van der Waals surface area contributed by atoms with Crippen molar-refractivity contribution in [3.05, 3.63) is 64.1 Å². The fourth-order valence-electron chi connectivity index (χ4n) is 3.39. The molecule has 3 nitrogen and oxygen atoms in total. The number of fused-ring (bicyclic) bond motifs is 4. The van der Waals surface area contributed by atoms with Crippen molar-refractivity contribution in [1.82, 2.24) is 10.2 Å². The van der Waals surface area contributed by atoms with Crippen molar-refractivity contribution in [1.29, 1.82) is 0 Å². The highest BCUT2D eigenvalue weighted by atomic mass is 79.9. The Bertz CT molecular complexity index is 767. The van der Waals surface area contributed by atoms with Crippen molar-refractivity contribution in [3.63, 3.8) is 0 Å². The molecule has 2 unspecified atom stereocenters. The number of nitrogens with one attached hydrogen (secondary N) is 1. The van der Waals surface area contributed by atoms with Crippen LogP contribution in [-0.2, 0) is 6.54 Å². The quantitative estimate of drug-likeness (QED) is 0.771. The Kier molecular flexibility index (Phi) is 3.58. The van der Waals surface area contributed by atoms with E-state index in [1.54, 1.807) is 0 Å². The Morgan fingerprint density at radius 2 is 2.09 bits per heavy atom. The lowest BCUT2D eigenvalue weighted by atomic mass is 9.90. The molecule has 5 heteroatoms. The summed E-state index contributed by atoms with van der Waals surface area (Å²) in [6.07, 6.45) is 0.865. The third-order valence-electron chi connectivity index (χ3n) is 4.56. The maximum absolute atomic E-state index is 6.38. The first-order chi connectivity index (χ1) is 11.0. The maximum atomic E-state index is 6.38. The number of halogens is 1. The van der Waals surface area contributed by atoms with Gasteiger partial charge in [-0.25, -0.2) is 0 Å². The summed E-state index contributed by atoms with van der Waals surface area (Å²) in [5, 5.41) is 4.23. The zero-order valence-corrected chi connectivity index (χ0v) is 15.2. The SMILES string of the molecule is CC12CC(NC(=S)N1Cc1ccccc1)c1cc(Br)ccc1O2. The van der Waals surface area contributed by atoms with E-state index in [9.17, 15) is 0 Å². The summed E-state index contributed by atoms with van der Waals surface area (Å²) in [5.74, 6) is 0.931. The second kappa shape index (κ2) is 5.49. The average molecular weight is 389 g/mol. The van der Waals surface area contributed by atoms with Crippen molar-refractivity contribution in [2.45, 2.75) is 31.7 Å². The summed E-state index contributed by atoms with van der Waals surface area (Å²) in [5.41, 5.74) is 1.96. The van der Waals surface area contributed by atoms with Gasteiger partial charge in [0.05, 0.1) is 6.04 Å². The first-order valence-corrected chi connectivity index (χ1v) is 8.86. The van der Waals surface area contributed by atoms with Crippen LogP contribution >= 0.6 is 28.1 Å². The largest absolute Gasteiger partial charge is 0.468 e. The van der Waals surface area contributed by atoms with Gasteiger partial charge in [0.15, 0.2) is 10.8 Å². The standard InChI is InChI=1S/C18H17BrN2OS/c1-18-10-15(14-9-13(19)7-8-16(14)22-18)20-17(23)21(18)11-12-5-3-2-4-6-12/h2-9,15H,10-11H2,1H3,(H,20,23). The summed E-state index contributed by atoms with van der Waals surface area (Å²) >= 11 is 9.18. The highest BCUT2D eigenvalue weighted by molar-refractivity contribution is 9.10. The number of benzene rings is 2. The average Bonchev–Trinajstić information content (AvgIpc) is 2.53. The van der Waals surface area contributed by atoms with E-state index in [1.807, 2.05) is 18.2 Å². The number of hydrogen-bond donors (Lipinski definition) is 1. The lowest BCUT2D eigenvalue weighted by molar-refractivity contribution is -0.0722. The van der Waals surface area contributed by atoms with Gasteiger partial charge in [-0.1, -0.05) is 46.3 Å². The van der Waals surface area contributed by atoms with Crippen LogP contribution in [0, 0.1) is 0 Å². The second-order valence-corrected chi connectivity index (χ2v) is 7.54. The molecule has 0 amide bonds. The van der Waals surface area contributed by atoms with Gasteiger partial charge >= 0.3 is 0 Å². The van der Waals surface area contributed by atoms with Gasteiger partial charge in [0.25, 0.3) is 0 Å². The van der Waals surface area contributed by atoms with Gasteiger partial charge in [0, 0.05) is 23.0 Å². The lowest BCUT2D eigenvalue weighted by Gasteiger charge is -2.52. The van der Waals surface area contributed by atoms with Crippen molar-refractivity contribution in [3.8, 4) is 5.75 Å². The summed E-state index contributed by atoms with van der Waals surface area (Å²) in [6.45, 7) is 2.86. The van der Waals surface area contributed by atoms with Crippen LogP contribution in [0.3, 0.4) is 0 Å². The summed E-state index contributed by atoms with van der Waals surface area (Å²) in [7, 11) is 0. The zero-order valence-electron chi connectivity index (χ0n) is 12.8. The number of thiocarbonyl (C=S) groups is 1. The first kappa shape index (κ1) is 15.0. The molecule has 2 heterocycles. The van der Waals surface area contributed by atoms with Crippen LogP contribution in [0.4, 0.5) is 0 Å². The molecule has 1 fully saturated rings. The molecule has 4 rings (SSSR count). The van der Waals surface area contributed by atoms with E-state index >= 15 is 0 Å². The van der Waals surface area contributed by atoms with Crippen molar-refractivity contribution in [2.75, 3.05) is 0 Å². The van der Waals surface area contributed by atoms with Gasteiger partial charge in [0.2, 0.25) is 0 Å². The van der Waals surface area contributed by atoms with Crippen LogP contribution in [0.1, 0.15) is 30.5 Å². The van der Waals surface area contributed by atoms with Crippen molar-refractivity contribution < 1.29 is 4.74 Å². The predicted octanol–water partition coefficient (Wildman–Crippen LogP) is 4.38. The minimum Gasteiger partial charge on any atom is -0.468 e.